The maximum atomic E-state index is 12.7. The van der Waals surface area contributed by atoms with Crippen LogP contribution in [0.5, 0.6) is 5.75 Å². The molecular formula is C16H18O2S. The van der Waals surface area contributed by atoms with Crippen molar-refractivity contribution in [1.29, 1.82) is 0 Å². The van der Waals surface area contributed by atoms with Crippen LogP contribution in [0.15, 0.2) is 29.6 Å². The molecule has 0 spiro atoms. The minimum Gasteiger partial charge on any atom is -0.495 e. The maximum absolute atomic E-state index is 12.7. The van der Waals surface area contributed by atoms with E-state index >= 15 is 0 Å². The van der Waals surface area contributed by atoms with Crippen LogP contribution >= 0.6 is 11.3 Å². The first-order chi connectivity index (χ1) is 9.21. The number of carbonyl (C=O) groups is 1. The normalized spacial score (nSPS) is 10.5. The van der Waals surface area contributed by atoms with E-state index in [0.717, 1.165) is 24.0 Å². The van der Waals surface area contributed by atoms with Crippen molar-refractivity contribution in [1.82, 2.24) is 0 Å². The van der Waals surface area contributed by atoms with Gasteiger partial charge in [0.25, 0.3) is 0 Å². The Balaban J connectivity index is 2.48. The molecule has 2 nitrogen and oxygen atoms in total. The molecule has 2 aromatic rings. The summed E-state index contributed by atoms with van der Waals surface area (Å²) < 4.78 is 5.25. The number of benzene rings is 1. The highest BCUT2D eigenvalue weighted by molar-refractivity contribution is 7.12. The Morgan fingerprint density at radius 3 is 2.63 bits per heavy atom. The van der Waals surface area contributed by atoms with Gasteiger partial charge in [-0.1, -0.05) is 26.0 Å². The van der Waals surface area contributed by atoms with E-state index in [4.69, 9.17) is 4.74 Å². The van der Waals surface area contributed by atoms with Crippen LogP contribution in [0.2, 0.25) is 0 Å². The van der Waals surface area contributed by atoms with Gasteiger partial charge in [-0.15, -0.1) is 11.3 Å². The van der Waals surface area contributed by atoms with Gasteiger partial charge in [0.05, 0.1) is 7.11 Å². The van der Waals surface area contributed by atoms with Crippen LogP contribution in [0.1, 0.15) is 40.2 Å². The first kappa shape index (κ1) is 13.8. The Hall–Kier alpha value is -1.61. The molecule has 0 aliphatic rings. The van der Waals surface area contributed by atoms with E-state index in [0.29, 0.717) is 10.6 Å². The number of hydrogen-bond acceptors (Lipinski definition) is 3. The summed E-state index contributed by atoms with van der Waals surface area (Å²) in [5.41, 5.74) is 3.09. The fourth-order valence-corrected chi connectivity index (χ4v) is 2.92. The van der Waals surface area contributed by atoms with Crippen LogP contribution in [-0.2, 0) is 12.8 Å². The van der Waals surface area contributed by atoms with Crippen molar-refractivity contribution in [2.45, 2.75) is 26.7 Å². The lowest BCUT2D eigenvalue weighted by Gasteiger charge is -2.09. The summed E-state index contributed by atoms with van der Waals surface area (Å²) >= 11 is 1.44. The van der Waals surface area contributed by atoms with E-state index in [-0.39, 0.29) is 5.78 Å². The molecule has 0 bridgehead atoms. The van der Waals surface area contributed by atoms with Gasteiger partial charge in [0.15, 0.2) is 0 Å². The standard InChI is InChI=1S/C16H18O2S/c1-4-11-6-7-12(5-2)13(10-11)15(17)16-14(18-3)8-9-19-16/h6-10H,4-5H2,1-3H3. The number of ketones is 1. The average Bonchev–Trinajstić information content (AvgIpc) is 2.94. The molecule has 0 aliphatic heterocycles. The molecule has 0 radical (unpaired) electrons. The van der Waals surface area contributed by atoms with Gasteiger partial charge >= 0.3 is 0 Å². The summed E-state index contributed by atoms with van der Waals surface area (Å²) in [6.45, 7) is 4.17. The highest BCUT2D eigenvalue weighted by Gasteiger charge is 2.18. The number of carbonyl (C=O) groups excluding carboxylic acids is 1. The predicted octanol–water partition coefficient (Wildman–Crippen LogP) is 4.11. The summed E-state index contributed by atoms with van der Waals surface area (Å²) in [5, 5.41) is 1.89. The van der Waals surface area contributed by atoms with E-state index < -0.39 is 0 Å². The molecule has 2 rings (SSSR count). The first-order valence-electron chi connectivity index (χ1n) is 6.49. The van der Waals surface area contributed by atoms with Crippen molar-refractivity contribution in [2.75, 3.05) is 7.11 Å². The molecule has 0 unspecified atom stereocenters. The van der Waals surface area contributed by atoms with Gasteiger partial charge in [0.2, 0.25) is 5.78 Å². The zero-order chi connectivity index (χ0) is 13.8. The largest absolute Gasteiger partial charge is 0.495 e. The lowest BCUT2D eigenvalue weighted by atomic mass is 9.97. The summed E-state index contributed by atoms with van der Waals surface area (Å²) in [4.78, 5) is 13.4. The van der Waals surface area contributed by atoms with Crippen molar-refractivity contribution in [2.24, 2.45) is 0 Å². The van der Waals surface area contributed by atoms with Crippen LogP contribution in [0.4, 0.5) is 0 Å². The molecule has 19 heavy (non-hydrogen) atoms. The summed E-state index contributed by atoms with van der Waals surface area (Å²) in [5.74, 6) is 0.734. The molecule has 1 aromatic carbocycles. The zero-order valence-electron chi connectivity index (χ0n) is 11.5. The summed E-state index contributed by atoms with van der Waals surface area (Å²) in [6, 6.07) is 8.01. The second-order valence-electron chi connectivity index (χ2n) is 4.35. The van der Waals surface area contributed by atoms with Gasteiger partial charge in [-0.05, 0) is 41.5 Å². The van der Waals surface area contributed by atoms with Gasteiger partial charge in [-0.2, -0.15) is 0 Å². The minimum absolute atomic E-state index is 0.0685. The fraction of sp³-hybridized carbons (Fsp3) is 0.312. The van der Waals surface area contributed by atoms with Crippen molar-refractivity contribution >= 4 is 17.1 Å². The zero-order valence-corrected chi connectivity index (χ0v) is 12.3. The smallest absolute Gasteiger partial charge is 0.207 e. The summed E-state index contributed by atoms with van der Waals surface area (Å²) in [6.07, 6.45) is 1.80. The van der Waals surface area contributed by atoms with Gasteiger partial charge in [0, 0.05) is 5.56 Å². The minimum atomic E-state index is 0.0685. The van der Waals surface area contributed by atoms with Crippen LogP contribution in [0.25, 0.3) is 0 Å². The van der Waals surface area contributed by atoms with Crippen LogP contribution in [-0.4, -0.2) is 12.9 Å². The Kier molecular flexibility index (Phi) is 4.38. The topological polar surface area (TPSA) is 26.3 Å². The van der Waals surface area contributed by atoms with Crippen molar-refractivity contribution in [3.63, 3.8) is 0 Å². The quantitative estimate of drug-likeness (QED) is 0.767. The predicted molar refractivity (Wildman–Crippen MR) is 79.5 cm³/mol. The lowest BCUT2D eigenvalue weighted by molar-refractivity contribution is 0.103. The fourth-order valence-electron chi connectivity index (χ4n) is 2.11. The van der Waals surface area contributed by atoms with Gasteiger partial charge in [-0.3, -0.25) is 4.79 Å². The van der Waals surface area contributed by atoms with E-state index in [1.807, 2.05) is 17.5 Å². The Labute approximate surface area is 118 Å². The van der Waals surface area contributed by atoms with E-state index in [1.165, 1.54) is 16.9 Å². The van der Waals surface area contributed by atoms with Crippen molar-refractivity contribution in [3.05, 3.63) is 51.2 Å². The third-order valence-electron chi connectivity index (χ3n) is 3.26. The summed E-state index contributed by atoms with van der Waals surface area (Å²) in [7, 11) is 1.60. The number of methoxy groups -OCH3 is 1. The third kappa shape index (κ3) is 2.71. The molecule has 0 saturated carbocycles. The molecule has 3 heteroatoms. The van der Waals surface area contributed by atoms with E-state index in [9.17, 15) is 4.79 Å². The number of aryl methyl sites for hydroxylation is 2. The number of thiophene rings is 1. The second kappa shape index (κ2) is 6.02. The molecule has 0 N–H and O–H groups in total. The molecule has 0 atom stereocenters. The van der Waals surface area contributed by atoms with Crippen LogP contribution in [0, 0.1) is 0 Å². The molecule has 0 aliphatic carbocycles. The molecule has 0 saturated heterocycles. The van der Waals surface area contributed by atoms with E-state index in [1.54, 1.807) is 7.11 Å². The molecule has 100 valence electrons. The van der Waals surface area contributed by atoms with E-state index in [2.05, 4.69) is 26.0 Å². The van der Waals surface area contributed by atoms with Gasteiger partial charge < -0.3 is 4.74 Å². The van der Waals surface area contributed by atoms with Gasteiger partial charge in [0.1, 0.15) is 10.6 Å². The molecule has 1 heterocycles. The first-order valence-corrected chi connectivity index (χ1v) is 7.37. The highest BCUT2D eigenvalue weighted by Crippen LogP contribution is 2.28. The monoisotopic (exact) mass is 274 g/mol. The second-order valence-corrected chi connectivity index (χ2v) is 5.26. The lowest BCUT2D eigenvalue weighted by Crippen LogP contribution is -2.05. The molecule has 0 fully saturated rings. The SMILES string of the molecule is CCc1ccc(CC)c(C(=O)c2sccc2OC)c1. The number of hydrogen-bond donors (Lipinski definition) is 0. The Morgan fingerprint density at radius 2 is 2.00 bits per heavy atom. The Morgan fingerprint density at radius 1 is 1.21 bits per heavy atom. The average molecular weight is 274 g/mol. The van der Waals surface area contributed by atoms with Crippen molar-refractivity contribution in [3.8, 4) is 5.75 Å². The van der Waals surface area contributed by atoms with Gasteiger partial charge in [-0.25, -0.2) is 0 Å². The van der Waals surface area contributed by atoms with Crippen molar-refractivity contribution < 1.29 is 9.53 Å². The van der Waals surface area contributed by atoms with Crippen LogP contribution in [0.3, 0.4) is 0 Å². The third-order valence-corrected chi connectivity index (χ3v) is 4.16. The molecular weight excluding hydrogens is 256 g/mol. The number of rotatable bonds is 5. The molecule has 0 amide bonds. The maximum Gasteiger partial charge on any atom is 0.207 e. The molecule has 1 aromatic heterocycles. The number of ether oxygens (including phenoxy) is 1. The van der Waals surface area contributed by atoms with Crippen LogP contribution < -0.4 is 4.74 Å². The Bertz CT molecular complexity index is 584. The highest BCUT2D eigenvalue weighted by atomic mass is 32.1.